The molecule has 0 bridgehead atoms. The summed E-state index contributed by atoms with van der Waals surface area (Å²) in [6, 6.07) is 8.67. The maximum absolute atomic E-state index is 12.1. The molecular weight excluding hydrogens is 254 g/mol. The van der Waals surface area contributed by atoms with Crippen LogP contribution in [0.1, 0.15) is 6.92 Å². The van der Waals surface area contributed by atoms with Gasteiger partial charge in [-0.3, -0.25) is 14.5 Å². The van der Waals surface area contributed by atoms with Crippen LogP contribution in [0.2, 0.25) is 0 Å². The average molecular weight is 271 g/mol. The first kappa shape index (κ1) is 14.5. The van der Waals surface area contributed by atoms with E-state index < -0.39 is 21.8 Å². The standard InChI is InChI=1S/C11H17N3O3S/c1-9(11(15)13-12)8-18(16,17)14(2)10-6-4-3-5-7-10/h3-7,9H,8,12H2,1-2H3,(H,13,15). The Morgan fingerprint density at radius 1 is 1.39 bits per heavy atom. The van der Waals surface area contributed by atoms with Gasteiger partial charge in [-0.2, -0.15) is 0 Å². The number of hydrazine groups is 1. The highest BCUT2D eigenvalue weighted by Crippen LogP contribution is 2.17. The SMILES string of the molecule is CC(CS(=O)(=O)N(C)c1ccccc1)C(=O)NN. The van der Waals surface area contributed by atoms with Crippen LogP contribution in [0.15, 0.2) is 30.3 Å². The number of anilines is 1. The lowest BCUT2D eigenvalue weighted by Crippen LogP contribution is -2.40. The van der Waals surface area contributed by atoms with Crippen molar-refractivity contribution in [1.82, 2.24) is 5.43 Å². The van der Waals surface area contributed by atoms with Gasteiger partial charge in [-0.05, 0) is 12.1 Å². The number of hydrogen-bond acceptors (Lipinski definition) is 4. The monoisotopic (exact) mass is 271 g/mol. The summed E-state index contributed by atoms with van der Waals surface area (Å²) in [6.45, 7) is 1.51. The van der Waals surface area contributed by atoms with E-state index in [1.54, 1.807) is 30.3 Å². The van der Waals surface area contributed by atoms with Gasteiger partial charge >= 0.3 is 0 Å². The van der Waals surface area contributed by atoms with Crippen molar-refractivity contribution < 1.29 is 13.2 Å². The van der Waals surface area contributed by atoms with Gasteiger partial charge < -0.3 is 0 Å². The molecule has 3 N–H and O–H groups in total. The van der Waals surface area contributed by atoms with Gasteiger partial charge in [0.05, 0.1) is 17.4 Å². The van der Waals surface area contributed by atoms with Crippen molar-refractivity contribution in [3.05, 3.63) is 30.3 Å². The van der Waals surface area contributed by atoms with E-state index >= 15 is 0 Å². The van der Waals surface area contributed by atoms with Crippen molar-refractivity contribution in [2.45, 2.75) is 6.92 Å². The summed E-state index contributed by atoms with van der Waals surface area (Å²) >= 11 is 0. The molecule has 1 amide bonds. The molecule has 0 aliphatic rings. The van der Waals surface area contributed by atoms with Gasteiger partial charge in [0, 0.05) is 7.05 Å². The van der Waals surface area contributed by atoms with Crippen molar-refractivity contribution in [2.24, 2.45) is 11.8 Å². The van der Waals surface area contributed by atoms with Gasteiger partial charge in [-0.25, -0.2) is 14.3 Å². The second kappa shape index (κ2) is 5.83. The van der Waals surface area contributed by atoms with Crippen LogP contribution in [0, 0.1) is 5.92 Å². The molecule has 0 fully saturated rings. The average Bonchev–Trinajstić information content (AvgIpc) is 2.37. The Kier molecular flexibility index (Phi) is 4.69. The number of benzene rings is 1. The fourth-order valence-corrected chi connectivity index (χ4v) is 2.89. The third kappa shape index (κ3) is 3.44. The number of carbonyl (C=O) groups excluding carboxylic acids is 1. The molecule has 1 unspecified atom stereocenters. The Balaban J connectivity index is 2.85. The number of nitrogens with two attached hydrogens (primary N) is 1. The van der Waals surface area contributed by atoms with Crippen LogP contribution in [0.25, 0.3) is 0 Å². The van der Waals surface area contributed by atoms with E-state index in [9.17, 15) is 13.2 Å². The molecule has 7 heteroatoms. The number of sulfonamides is 1. The Morgan fingerprint density at radius 2 is 1.94 bits per heavy atom. The molecule has 0 aromatic heterocycles. The molecule has 100 valence electrons. The lowest BCUT2D eigenvalue weighted by Gasteiger charge is -2.21. The Morgan fingerprint density at radius 3 is 2.44 bits per heavy atom. The predicted molar refractivity (Wildman–Crippen MR) is 70.1 cm³/mol. The van der Waals surface area contributed by atoms with Crippen LogP contribution >= 0.6 is 0 Å². The van der Waals surface area contributed by atoms with E-state index in [0.717, 1.165) is 4.31 Å². The van der Waals surface area contributed by atoms with Crippen LogP contribution in [-0.4, -0.2) is 27.1 Å². The minimum absolute atomic E-state index is 0.290. The largest absolute Gasteiger partial charge is 0.294 e. The summed E-state index contributed by atoms with van der Waals surface area (Å²) in [7, 11) is -2.09. The minimum Gasteiger partial charge on any atom is -0.294 e. The summed E-state index contributed by atoms with van der Waals surface area (Å²) in [5, 5.41) is 0. The fourth-order valence-electron chi connectivity index (χ4n) is 1.44. The highest BCUT2D eigenvalue weighted by molar-refractivity contribution is 7.92. The zero-order valence-corrected chi connectivity index (χ0v) is 11.1. The third-order valence-electron chi connectivity index (χ3n) is 2.59. The van der Waals surface area contributed by atoms with E-state index in [1.165, 1.54) is 14.0 Å². The number of amides is 1. The quantitative estimate of drug-likeness (QED) is 0.450. The molecule has 0 spiro atoms. The van der Waals surface area contributed by atoms with Gasteiger partial charge in [-0.15, -0.1) is 0 Å². The Labute approximate surface area is 107 Å². The molecule has 1 atom stereocenters. The second-order valence-electron chi connectivity index (χ2n) is 3.99. The number of rotatable bonds is 5. The molecule has 0 radical (unpaired) electrons. The predicted octanol–water partition coefficient (Wildman–Crippen LogP) is 0.0786. The van der Waals surface area contributed by atoms with Crippen molar-refractivity contribution in [2.75, 3.05) is 17.1 Å². The van der Waals surface area contributed by atoms with E-state index in [2.05, 4.69) is 0 Å². The molecule has 1 aromatic rings. The highest BCUT2D eigenvalue weighted by atomic mass is 32.2. The normalized spacial score (nSPS) is 12.8. The molecule has 6 nitrogen and oxygen atoms in total. The lowest BCUT2D eigenvalue weighted by molar-refractivity contribution is -0.123. The van der Waals surface area contributed by atoms with E-state index in [4.69, 9.17) is 5.84 Å². The van der Waals surface area contributed by atoms with Crippen molar-refractivity contribution in [3.8, 4) is 0 Å². The summed E-state index contributed by atoms with van der Waals surface area (Å²) in [4.78, 5) is 11.2. The molecule has 0 saturated carbocycles. The molecule has 0 aliphatic heterocycles. The molecule has 18 heavy (non-hydrogen) atoms. The first-order chi connectivity index (χ1) is 8.38. The number of para-hydroxylation sites is 1. The topological polar surface area (TPSA) is 92.5 Å². The summed E-state index contributed by atoms with van der Waals surface area (Å²) in [5.41, 5.74) is 2.50. The highest BCUT2D eigenvalue weighted by Gasteiger charge is 2.25. The van der Waals surface area contributed by atoms with Crippen LogP contribution in [-0.2, 0) is 14.8 Å². The Bertz CT molecular complexity index is 502. The zero-order valence-electron chi connectivity index (χ0n) is 10.3. The number of nitrogens with zero attached hydrogens (tertiary/aromatic N) is 1. The van der Waals surface area contributed by atoms with E-state index in [0.29, 0.717) is 5.69 Å². The summed E-state index contributed by atoms with van der Waals surface area (Å²) in [6.07, 6.45) is 0. The first-order valence-corrected chi connectivity index (χ1v) is 7.01. The number of nitrogens with one attached hydrogen (secondary N) is 1. The molecule has 1 rings (SSSR count). The van der Waals surface area contributed by atoms with Crippen LogP contribution < -0.4 is 15.6 Å². The van der Waals surface area contributed by atoms with Crippen LogP contribution in [0.4, 0.5) is 5.69 Å². The first-order valence-electron chi connectivity index (χ1n) is 5.40. The molecule has 1 aromatic carbocycles. The van der Waals surface area contributed by atoms with Crippen molar-refractivity contribution >= 4 is 21.6 Å². The Hall–Kier alpha value is -1.60. The second-order valence-corrected chi connectivity index (χ2v) is 6.04. The fraction of sp³-hybridized carbons (Fsp3) is 0.364. The smallest absolute Gasteiger partial charge is 0.237 e. The molecule has 0 saturated heterocycles. The van der Waals surface area contributed by atoms with Gasteiger partial charge in [0.1, 0.15) is 0 Å². The lowest BCUT2D eigenvalue weighted by atomic mass is 10.2. The molecule has 0 aliphatic carbocycles. The number of hydrogen-bond donors (Lipinski definition) is 2. The molecule has 0 heterocycles. The number of carbonyl (C=O) groups is 1. The van der Waals surface area contributed by atoms with Crippen LogP contribution in [0.5, 0.6) is 0 Å². The maximum Gasteiger partial charge on any atom is 0.237 e. The van der Waals surface area contributed by atoms with Crippen molar-refractivity contribution in [3.63, 3.8) is 0 Å². The van der Waals surface area contributed by atoms with Gasteiger partial charge in [-0.1, -0.05) is 25.1 Å². The molecular formula is C11H17N3O3S. The van der Waals surface area contributed by atoms with Gasteiger partial charge in [0.25, 0.3) is 0 Å². The minimum atomic E-state index is -3.55. The summed E-state index contributed by atoms with van der Waals surface area (Å²) < 4.78 is 25.3. The zero-order chi connectivity index (χ0) is 13.8. The van der Waals surface area contributed by atoms with E-state index in [-0.39, 0.29) is 5.75 Å². The van der Waals surface area contributed by atoms with Crippen molar-refractivity contribution in [1.29, 1.82) is 0 Å². The van der Waals surface area contributed by atoms with Crippen LogP contribution in [0.3, 0.4) is 0 Å². The summed E-state index contributed by atoms with van der Waals surface area (Å²) in [5.74, 6) is 3.48. The maximum atomic E-state index is 12.1. The van der Waals surface area contributed by atoms with Gasteiger partial charge in [0.2, 0.25) is 15.9 Å². The van der Waals surface area contributed by atoms with Gasteiger partial charge in [0.15, 0.2) is 0 Å². The van der Waals surface area contributed by atoms with E-state index in [1.807, 2.05) is 5.43 Å². The third-order valence-corrected chi connectivity index (χ3v) is 4.55.